The minimum Gasteiger partial charge on any atom is -0.235 e. The van der Waals surface area contributed by atoms with Crippen LogP contribution in [0, 0.1) is 0 Å². The van der Waals surface area contributed by atoms with Crippen LogP contribution in [0.15, 0.2) is 0 Å². The third-order valence-corrected chi connectivity index (χ3v) is 1.86. The van der Waals surface area contributed by atoms with Crippen LogP contribution < -0.4 is 0 Å². The summed E-state index contributed by atoms with van der Waals surface area (Å²) in [5.74, 6) is 0. The van der Waals surface area contributed by atoms with Gasteiger partial charge < -0.3 is 0 Å². The molecule has 0 saturated carbocycles. The summed E-state index contributed by atoms with van der Waals surface area (Å²) in [5.41, 5.74) is 0. The fraction of sp³-hybridized carbons (Fsp3) is 1.00. The second-order valence-electron chi connectivity index (χ2n) is 2.55. The van der Waals surface area contributed by atoms with Crippen LogP contribution in [0.25, 0.3) is 0 Å². The molecule has 0 saturated heterocycles. The zero-order valence-corrected chi connectivity index (χ0v) is 6.83. The van der Waals surface area contributed by atoms with Crippen molar-refractivity contribution in [2.24, 2.45) is 0 Å². The standard InChI is InChI=1S/C6H14NS/c1-5(2)7(8)6(3)4/h5-6H,1-4H3. The summed E-state index contributed by atoms with van der Waals surface area (Å²) >= 11 is 5.02. The van der Waals surface area contributed by atoms with E-state index < -0.39 is 0 Å². The molecule has 49 valence electrons. The Morgan fingerprint density at radius 2 is 1.25 bits per heavy atom. The van der Waals surface area contributed by atoms with Gasteiger partial charge in [-0.2, -0.15) is 0 Å². The van der Waals surface area contributed by atoms with Crippen molar-refractivity contribution in [2.45, 2.75) is 39.8 Å². The predicted octanol–water partition coefficient (Wildman–Crippen LogP) is 2.22. The van der Waals surface area contributed by atoms with Gasteiger partial charge >= 0.3 is 0 Å². The van der Waals surface area contributed by atoms with Gasteiger partial charge in [-0.05, 0) is 27.7 Å². The fourth-order valence-corrected chi connectivity index (χ4v) is 0.596. The number of nitrogens with zero attached hydrogens (tertiary/aromatic N) is 1. The van der Waals surface area contributed by atoms with E-state index in [2.05, 4.69) is 27.7 Å². The van der Waals surface area contributed by atoms with Crippen molar-refractivity contribution < 1.29 is 0 Å². The normalized spacial score (nSPS) is 12.0. The molecule has 0 amide bonds. The first-order valence-corrected chi connectivity index (χ1v) is 3.37. The minimum absolute atomic E-state index is 0.491. The van der Waals surface area contributed by atoms with E-state index in [1.54, 1.807) is 0 Å². The summed E-state index contributed by atoms with van der Waals surface area (Å²) in [6, 6.07) is 0.981. The molecule has 0 rings (SSSR count). The summed E-state index contributed by atoms with van der Waals surface area (Å²) in [6.45, 7) is 8.42. The zero-order chi connectivity index (χ0) is 6.73. The van der Waals surface area contributed by atoms with Gasteiger partial charge in [-0.1, -0.05) is 0 Å². The van der Waals surface area contributed by atoms with Crippen molar-refractivity contribution in [3.8, 4) is 0 Å². The molecule has 0 aliphatic rings. The van der Waals surface area contributed by atoms with Crippen molar-refractivity contribution in [1.29, 1.82) is 0 Å². The van der Waals surface area contributed by atoms with E-state index in [0.29, 0.717) is 12.1 Å². The third-order valence-electron chi connectivity index (χ3n) is 1.02. The van der Waals surface area contributed by atoms with Crippen molar-refractivity contribution in [3.63, 3.8) is 0 Å². The van der Waals surface area contributed by atoms with Crippen LogP contribution in [0.1, 0.15) is 27.7 Å². The van der Waals surface area contributed by atoms with Gasteiger partial charge in [-0.15, -0.1) is 0 Å². The molecule has 0 N–H and O–H groups in total. The molecular formula is C6H14NS. The Morgan fingerprint density at radius 3 is 1.25 bits per heavy atom. The maximum atomic E-state index is 5.02. The van der Waals surface area contributed by atoms with E-state index in [1.807, 2.05) is 4.31 Å². The molecule has 0 aromatic carbocycles. The van der Waals surface area contributed by atoms with Crippen LogP contribution in [0.2, 0.25) is 0 Å². The van der Waals surface area contributed by atoms with Crippen LogP contribution in [-0.4, -0.2) is 16.4 Å². The molecule has 0 heterocycles. The highest BCUT2D eigenvalue weighted by atomic mass is 32.1. The Balaban J connectivity index is 3.46. The number of hydrogen-bond acceptors (Lipinski definition) is 1. The Labute approximate surface area is 57.6 Å². The quantitative estimate of drug-likeness (QED) is 0.557. The van der Waals surface area contributed by atoms with E-state index in [9.17, 15) is 0 Å². The fourth-order valence-electron chi connectivity index (χ4n) is 0.596. The van der Waals surface area contributed by atoms with Crippen LogP contribution in [0.3, 0.4) is 0 Å². The highest BCUT2D eigenvalue weighted by Gasteiger charge is 2.07. The molecule has 2 heteroatoms. The van der Waals surface area contributed by atoms with E-state index >= 15 is 0 Å². The van der Waals surface area contributed by atoms with Gasteiger partial charge in [0.1, 0.15) is 0 Å². The third kappa shape index (κ3) is 2.58. The predicted molar refractivity (Wildman–Crippen MR) is 39.7 cm³/mol. The molecule has 0 aliphatic carbocycles. The molecule has 0 aliphatic heterocycles. The summed E-state index contributed by atoms with van der Waals surface area (Å²) in [6.07, 6.45) is 0. The van der Waals surface area contributed by atoms with Crippen molar-refractivity contribution in [1.82, 2.24) is 4.31 Å². The lowest BCUT2D eigenvalue weighted by molar-refractivity contribution is 0.340. The van der Waals surface area contributed by atoms with Crippen LogP contribution in [0.4, 0.5) is 0 Å². The summed E-state index contributed by atoms with van der Waals surface area (Å²) in [7, 11) is 0. The number of hydrogen-bond donors (Lipinski definition) is 0. The number of rotatable bonds is 2. The van der Waals surface area contributed by atoms with E-state index in [1.165, 1.54) is 0 Å². The maximum absolute atomic E-state index is 5.02. The van der Waals surface area contributed by atoms with Gasteiger partial charge in [0.25, 0.3) is 0 Å². The first kappa shape index (κ1) is 8.31. The summed E-state index contributed by atoms with van der Waals surface area (Å²) in [5, 5.41) is 0. The lowest BCUT2D eigenvalue weighted by atomic mass is 10.3. The van der Waals surface area contributed by atoms with E-state index in [-0.39, 0.29) is 0 Å². The van der Waals surface area contributed by atoms with Crippen LogP contribution in [0.5, 0.6) is 0 Å². The molecule has 1 radical (unpaired) electrons. The molecule has 0 aromatic rings. The molecule has 0 bridgehead atoms. The Kier molecular flexibility index (Phi) is 3.49. The SMILES string of the molecule is CC(C)N([S])C(C)C. The molecule has 0 spiro atoms. The smallest absolute Gasteiger partial charge is 0.0157 e. The van der Waals surface area contributed by atoms with E-state index in [4.69, 9.17) is 12.8 Å². The molecular weight excluding hydrogens is 118 g/mol. The summed E-state index contributed by atoms with van der Waals surface area (Å²) in [4.78, 5) is 0. The second kappa shape index (κ2) is 3.36. The maximum Gasteiger partial charge on any atom is 0.0157 e. The van der Waals surface area contributed by atoms with Gasteiger partial charge in [-0.25, -0.2) is 4.31 Å². The Morgan fingerprint density at radius 1 is 1.00 bits per heavy atom. The second-order valence-corrected chi connectivity index (χ2v) is 2.97. The molecule has 8 heavy (non-hydrogen) atoms. The van der Waals surface area contributed by atoms with E-state index in [0.717, 1.165) is 0 Å². The highest BCUT2D eigenvalue weighted by Crippen LogP contribution is 2.06. The van der Waals surface area contributed by atoms with Gasteiger partial charge in [0.05, 0.1) is 0 Å². The lowest BCUT2D eigenvalue weighted by Gasteiger charge is -2.21. The zero-order valence-electron chi connectivity index (χ0n) is 6.01. The van der Waals surface area contributed by atoms with Gasteiger partial charge in [0.15, 0.2) is 0 Å². The van der Waals surface area contributed by atoms with Crippen LogP contribution in [-0.2, 0) is 0 Å². The topological polar surface area (TPSA) is 3.24 Å². The van der Waals surface area contributed by atoms with Crippen LogP contribution >= 0.6 is 12.8 Å². The highest BCUT2D eigenvalue weighted by molar-refractivity contribution is 7.77. The average Bonchev–Trinajstić information content (AvgIpc) is 1.64. The molecule has 0 aromatic heterocycles. The summed E-state index contributed by atoms with van der Waals surface area (Å²) < 4.78 is 1.92. The molecule has 0 atom stereocenters. The van der Waals surface area contributed by atoms with Crippen molar-refractivity contribution in [3.05, 3.63) is 0 Å². The monoisotopic (exact) mass is 132 g/mol. The lowest BCUT2D eigenvalue weighted by Crippen LogP contribution is -2.27. The van der Waals surface area contributed by atoms with Crippen molar-refractivity contribution in [2.75, 3.05) is 0 Å². The van der Waals surface area contributed by atoms with Gasteiger partial charge in [-0.3, -0.25) is 0 Å². The van der Waals surface area contributed by atoms with Crippen molar-refractivity contribution >= 4 is 12.8 Å². The van der Waals surface area contributed by atoms with Gasteiger partial charge in [0, 0.05) is 24.9 Å². The Bertz CT molecular complexity index is 53.5. The Hall–Kier alpha value is 0.310. The first-order valence-electron chi connectivity index (χ1n) is 3.01. The molecule has 1 nitrogen and oxygen atoms in total. The minimum atomic E-state index is 0.491. The first-order chi connectivity index (χ1) is 3.55. The molecule has 0 fully saturated rings. The largest absolute Gasteiger partial charge is 0.235 e. The molecule has 0 unspecified atom stereocenters. The average molecular weight is 132 g/mol. The van der Waals surface area contributed by atoms with Gasteiger partial charge in [0.2, 0.25) is 0 Å².